The molecule has 0 saturated carbocycles. The summed E-state index contributed by atoms with van der Waals surface area (Å²) in [5, 5.41) is 5.68. The Hall–Kier alpha value is -3.63. The molecule has 0 bridgehead atoms. The fraction of sp³-hybridized carbons (Fsp3) is 0.136. The maximum atomic E-state index is 13.0. The number of H-pyrrole nitrogens is 1. The zero-order valence-electron chi connectivity index (χ0n) is 17.9. The van der Waals surface area contributed by atoms with Crippen molar-refractivity contribution >= 4 is 49.9 Å². The van der Waals surface area contributed by atoms with Gasteiger partial charge < -0.3 is 5.32 Å². The molecule has 33 heavy (non-hydrogen) atoms. The van der Waals surface area contributed by atoms with Gasteiger partial charge in [0.05, 0.1) is 26.6 Å². The summed E-state index contributed by atoms with van der Waals surface area (Å²) in [6, 6.07) is 12.5. The van der Waals surface area contributed by atoms with E-state index >= 15 is 0 Å². The number of rotatable bonds is 5. The van der Waals surface area contributed by atoms with Crippen LogP contribution >= 0.6 is 11.6 Å². The third kappa shape index (κ3) is 4.35. The minimum atomic E-state index is -3.99. The summed E-state index contributed by atoms with van der Waals surface area (Å²) in [5.41, 5.74) is 1.57. The van der Waals surface area contributed by atoms with Crippen LogP contribution in [0.3, 0.4) is 0 Å². The number of fused-ring (bicyclic) bond motifs is 1. The standard InChI is InChI=1S/C22H20ClN5O4S/c1-12-8-9-14(11-18(12)33(31,32)27-17-7-5-4-6-16(17)23)25-21(29)15-10-13(2)24-20-19(15)22(30)26-28(20)3/h4-11,27H,1-3H3,(H,25,29)(H,26,30). The molecule has 9 nitrogen and oxygen atoms in total. The quantitative estimate of drug-likeness (QED) is 0.398. The second kappa shape index (κ2) is 8.38. The summed E-state index contributed by atoms with van der Waals surface area (Å²) in [6.45, 7) is 3.36. The van der Waals surface area contributed by atoms with Gasteiger partial charge >= 0.3 is 0 Å². The van der Waals surface area contributed by atoms with Gasteiger partial charge in [0.25, 0.3) is 21.5 Å². The molecule has 4 rings (SSSR count). The predicted octanol–water partition coefficient (Wildman–Crippen LogP) is 3.58. The van der Waals surface area contributed by atoms with Gasteiger partial charge in [-0.25, -0.2) is 13.4 Å². The van der Waals surface area contributed by atoms with E-state index in [-0.39, 0.29) is 32.2 Å². The van der Waals surface area contributed by atoms with Gasteiger partial charge in [-0.2, -0.15) is 0 Å². The number of anilines is 2. The maximum Gasteiger partial charge on any atom is 0.274 e. The van der Waals surface area contributed by atoms with Crippen LogP contribution < -0.4 is 15.6 Å². The van der Waals surface area contributed by atoms with Crippen LogP contribution in [0.25, 0.3) is 11.0 Å². The summed E-state index contributed by atoms with van der Waals surface area (Å²) in [4.78, 5) is 29.6. The molecule has 0 saturated heterocycles. The molecule has 4 aromatic rings. The van der Waals surface area contributed by atoms with Crippen molar-refractivity contribution in [2.45, 2.75) is 18.7 Å². The lowest BCUT2D eigenvalue weighted by atomic mass is 10.1. The Morgan fingerprint density at radius 1 is 1.12 bits per heavy atom. The molecule has 2 heterocycles. The molecule has 0 fully saturated rings. The number of nitrogens with one attached hydrogen (secondary N) is 3. The van der Waals surface area contributed by atoms with Crippen LogP contribution in [0.5, 0.6) is 0 Å². The lowest BCUT2D eigenvalue weighted by molar-refractivity contribution is 0.102. The number of hydrogen-bond donors (Lipinski definition) is 3. The Balaban J connectivity index is 1.69. The van der Waals surface area contributed by atoms with Crippen molar-refractivity contribution in [3.05, 3.63) is 80.7 Å². The number of carbonyl (C=O) groups is 1. The molecular weight excluding hydrogens is 466 g/mol. The van der Waals surface area contributed by atoms with E-state index in [9.17, 15) is 18.0 Å². The normalized spacial score (nSPS) is 11.5. The first kappa shape index (κ1) is 22.6. The molecule has 0 spiro atoms. The number of benzene rings is 2. The summed E-state index contributed by atoms with van der Waals surface area (Å²) in [7, 11) is -2.36. The van der Waals surface area contributed by atoms with E-state index in [1.165, 1.54) is 16.8 Å². The number of aryl methyl sites for hydroxylation is 3. The number of sulfonamides is 1. The van der Waals surface area contributed by atoms with Gasteiger partial charge in [0.1, 0.15) is 0 Å². The zero-order valence-corrected chi connectivity index (χ0v) is 19.5. The number of aromatic amines is 1. The van der Waals surface area contributed by atoms with E-state index < -0.39 is 21.5 Å². The highest BCUT2D eigenvalue weighted by molar-refractivity contribution is 7.92. The number of amides is 1. The molecule has 2 aromatic heterocycles. The number of carbonyl (C=O) groups excluding carboxylic acids is 1. The third-order valence-corrected chi connectivity index (χ3v) is 6.88. The first-order valence-electron chi connectivity index (χ1n) is 9.82. The van der Waals surface area contributed by atoms with Gasteiger partial charge in [-0.15, -0.1) is 0 Å². The van der Waals surface area contributed by atoms with Crippen LogP contribution in [0.2, 0.25) is 5.02 Å². The van der Waals surface area contributed by atoms with Gasteiger partial charge in [-0.3, -0.25) is 24.1 Å². The van der Waals surface area contributed by atoms with Crippen LogP contribution in [0.1, 0.15) is 21.6 Å². The maximum absolute atomic E-state index is 13.0. The molecule has 2 aromatic carbocycles. The van der Waals surface area contributed by atoms with Crippen molar-refractivity contribution in [2.24, 2.45) is 7.05 Å². The van der Waals surface area contributed by atoms with Crippen LogP contribution in [0, 0.1) is 13.8 Å². The van der Waals surface area contributed by atoms with E-state index in [0.29, 0.717) is 16.9 Å². The molecular formula is C22H20ClN5O4S. The summed E-state index contributed by atoms with van der Waals surface area (Å²) < 4.78 is 29.9. The van der Waals surface area contributed by atoms with E-state index in [2.05, 4.69) is 20.1 Å². The van der Waals surface area contributed by atoms with E-state index in [1.54, 1.807) is 57.3 Å². The van der Waals surface area contributed by atoms with Crippen LogP contribution in [-0.4, -0.2) is 29.1 Å². The molecule has 0 aliphatic heterocycles. The Morgan fingerprint density at radius 3 is 2.58 bits per heavy atom. The number of aromatic nitrogens is 3. The fourth-order valence-electron chi connectivity index (χ4n) is 3.47. The molecule has 3 N–H and O–H groups in total. The second-order valence-electron chi connectivity index (χ2n) is 7.53. The summed E-state index contributed by atoms with van der Waals surface area (Å²) in [5.74, 6) is -0.562. The van der Waals surface area contributed by atoms with Crippen LogP contribution in [-0.2, 0) is 17.1 Å². The first-order chi connectivity index (χ1) is 15.6. The Kier molecular flexibility index (Phi) is 5.73. The van der Waals surface area contributed by atoms with Gasteiger partial charge in [-0.05, 0) is 49.7 Å². The number of hydrogen-bond acceptors (Lipinski definition) is 5. The monoisotopic (exact) mass is 485 g/mol. The second-order valence-corrected chi connectivity index (χ2v) is 9.59. The zero-order chi connectivity index (χ0) is 23.9. The Bertz CT molecular complexity index is 1570. The topological polar surface area (TPSA) is 126 Å². The molecule has 0 radical (unpaired) electrons. The predicted molar refractivity (Wildman–Crippen MR) is 127 cm³/mol. The Morgan fingerprint density at radius 2 is 1.85 bits per heavy atom. The van der Waals surface area contributed by atoms with E-state index in [4.69, 9.17) is 11.6 Å². The Labute approximate surface area is 194 Å². The highest BCUT2D eigenvalue weighted by Gasteiger charge is 2.21. The van der Waals surface area contributed by atoms with Gasteiger partial charge in [0, 0.05) is 18.4 Å². The molecule has 11 heteroatoms. The highest BCUT2D eigenvalue weighted by atomic mass is 35.5. The largest absolute Gasteiger partial charge is 0.322 e. The number of nitrogens with zero attached hydrogens (tertiary/aromatic N) is 2. The molecule has 1 amide bonds. The minimum Gasteiger partial charge on any atom is -0.322 e. The van der Waals surface area contributed by atoms with E-state index in [0.717, 1.165) is 0 Å². The van der Waals surface area contributed by atoms with Crippen molar-refractivity contribution in [3.63, 3.8) is 0 Å². The fourth-order valence-corrected chi connectivity index (χ4v) is 5.06. The van der Waals surface area contributed by atoms with Crippen LogP contribution in [0.15, 0.2) is 58.2 Å². The average molecular weight is 486 g/mol. The van der Waals surface area contributed by atoms with Crippen molar-refractivity contribution in [2.75, 3.05) is 10.0 Å². The first-order valence-corrected chi connectivity index (χ1v) is 11.7. The molecule has 0 aliphatic carbocycles. The van der Waals surface area contributed by atoms with Crippen LogP contribution in [0.4, 0.5) is 11.4 Å². The summed E-state index contributed by atoms with van der Waals surface area (Å²) in [6.07, 6.45) is 0. The number of para-hydroxylation sites is 1. The average Bonchev–Trinajstić information content (AvgIpc) is 3.03. The van der Waals surface area contributed by atoms with Gasteiger partial charge in [-0.1, -0.05) is 29.8 Å². The minimum absolute atomic E-state index is 0.0196. The molecule has 0 aliphatic rings. The van der Waals surface area contributed by atoms with Gasteiger partial charge in [0.15, 0.2) is 5.65 Å². The lowest BCUT2D eigenvalue weighted by Gasteiger charge is -2.13. The third-order valence-electron chi connectivity index (χ3n) is 5.04. The number of pyridine rings is 1. The summed E-state index contributed by atoms with van der Waals surface area (Å²) >= 11 is 6.08. The smallest absolute Gasteiger partial charge is 0.274 e. The van der Waals surface area contributed by atoms with Crippen molar-refractivity contribution in [3.8, 4) is 0 Å². The van der Waals surface area contributed by atoms with Crippen molar-refractivity contribution < 1.29 is 13.2 Å². The SMILES string of the molecule is Cc1cc(C(=O)Nc2ccc(C)c(S(=O)(=O)Nc3ccccc3Cl)c2)c2c(=O)[nH]n(C)c2n1. The lowest BCUT2D eigenvalue weighted by Crippen LogP contribution is -2.17. The molecule has 0 atom stereocenters. The highest BCUT2D eigenvalue weighted by Crippen LogP contribution is 2.27. The molecule has 170 valence electrons. The van der Waals surface area contributed by atoms with Crippen molar-refractivity contribution in [1.82, 2.24) is 14.8 Å². The number of halogens is 1. The van der Waals surface area contributed by atoms with E-state index in [1.807, 2.05) is 0 Å². The van der Waals surface area contributed by atoms with Gasteiger partial charge in [0.2, 0.25) is 0 Å². The molecule has 0 unspecified atom stereocenters. The van der Waals surface area contributed by atoms with Crippen molar-refractivity contribution in [1.29, 1.82) is 0 Å².